The molecule has 78 valence electrons. The number of amides is 1. The van der Waals surface area contributed by atoms with Crippen LogP contribution >= 0.6 is 0 Å². The minimum Gasteiger partial charge on any atom is -0.391 e. The molecular weight excluding hydrogens is 178 g/mol. The average Bonchev–Trinajstić information content (AvgIpc) is 2.18. The van der Waals surface area contributed by atoms with E-state index in [1.54, 1.807) is 4.90 Å². The van der Waals surface area contributed by atoms with Crippen molar-refractivity contribution in [2.45, 2.75) is 32.3 Å². The molecule has 0 aromatic carbocycles. The predicted octanol–water partition coefficient (Wildman–Crippen LogP) is 0.629. The van der Waals surface area contributed by atoms with Crippen LogP contribution in [0.2, 0.25) is 0 Å². The van der Waals surface area contributed by atoms with Crippen LogP contribution in [0.1, 0.15) is 26.2 Å². The molecule has 0 aromatic rings. The van der Waals surface area contributed by atoms with Crippen LogP contribution in [-0.4, -0.2) is 35.1 Å². The van der Waals surface area contributed by atoms with Crippen LogP contribution in [0.15, 0.2) is 0 Å². The number of β-amino-alcohol motifs (C(OH)–C–C–N with tert-alkyl or cyclic N) is 1. The zero-order valence-electron chi connectivity index (χ0n) is 8.57. The van der Waals surface area contributed by atoms with Gasteiger partial charge in [0.05, 0.1) is 6.10 Å². The lowest BCUT2D eigenvalue weighted by Gasteiger charge is -2.34. The van der Waals surface area contributed by atoms with E-state index in [4.69, 9.17) is 6.42 Å². The second kappa shape index (κ2) is 5.02. The predicted molar refractivity (Wildman–Crippen MR) is 54.4 cm³/mol. The lowest BCUT2D eigenvalue weighted by molar-refractivity contribution is -0.135. The van der Waals surface area contributed by atoms with Gasteiger partial charge >= 0.3 is 0 Å². The van der Waals surface area contributed by atoms with Crippen LogP contribution < -0.4 is 0 Å². The van der Waals surface area contributed by atoms with E-state index in [1.807, 2.05) is 6.92 Å². The van der Waals surface area contributed by atoms with E-state index in [2.05, 4.69) is 5.92 Å². The molecule has 1 saturated heterocycles. The fourth-order valence-corrected chi connectivity index (χ4v) is 1.61. The second-order valence-electron chi connectivity index (χ2n) is 3.88. The molecule has 0 spiro atoms. The minimum absolute atomic E-state index is 0.0638. The Morgan fingerprint density at radius 3 is 3.00 bits per heavy atom. The molecule has 1 fully saturated rings. The van der Waals surface area contributed by atoms with Gasteiger partial charge in [-0.3, -0.25) is 4.79 Å². The summed E-state index contributed by atoms with van der Waals surface area (Å²) >= 11 is 0. The first-order valence-electron chi connectivity index (χ1n) is 5.04. The number of hydrogen-bond donors (Lipinski definition) is 1. The van der Waals surface area contributed by atoms with Crippen LogP contribution in [0.3, 0.4) is 0 Å². The number of nitrogens with zero attached hydrogens (tertiary/aromatic N) is 1. The van der Waals surface area contributed by atoms with Crippen LogP contribution in [-0.2, 0) is 4.79 Å². The molecule has 3 heteroatoms. The molecule has 0 radical (unpaired) electrons. The van der Waals surface area contributed by atoms with Crippen molar-refractivity contribution in [3.05, 3.63) is 0 Å². The maximum Gasteiger partial charge on any atom is 0.223 e. The number of hydrogen-bond acceptors (Lipinski definition) is 2. The summed E-state index contributed by atoms with van der Waals surface area (Å²) in [6.07, 6.45) is 6.47. The van der Waals surface area contributed by atoms with Crippen molar-refractivity contribution >= 4 is 5.91 Å². The Kier molecular flexibility index (Phi) is 3.97. The fraction of sp³-hybridized carbons (Fsp3) is 0.727. The Morgan fingerprint density at radius 2 is 2.43 bits per heavy atom. The maximum atomic E-state index is 11.5. The van der Waals surface area contributed by atoms with Gasteiger partial charge in [-0.1, -0.05) is 6.92 Å². The van der Waals surface area contributed by atoms with E-state index in [9.17, 15) is 9.90 Å². The van der Waals surface area contributed by atoms with Crippen LogP contribution in [0, 0.1) is 18.3 Å². The van der Waals surface area contributed by atoms with Gasteiger partial charge in [-0.15, -0.1) is 12.3 Å². The first-order valence-corrected chi connectivity index (χ1v) is 5.04. The van der Waals surface area contributed by atoms with Crippen LogP contribution in [0.5, 0.6) is 0 Å². The molecule has 3 nitrogen and oxygen atoms in total. The van der Waals surface area contributed by atoms with Crippen molar-refractivity contribution in [2.24, 2.45) is 5.92 Å². The van der Waals surface area contributed by atoms with Crippen molar-refractivity contribution in [2.75, 3.05) is 13.1 Å². The van der Waals surface area contributed by atoms with Gasteiger partial charge in [-0.25, -0.2) is 0 Å². The van der Waals surface area contributed by atoms with Crippen LogP contribution in [0.25, 0.3) is 0 Å². The van der Waals surface area contributed by atoms with E-state index < -0.39 is 0 Å². The number of terminal acetylenes is 1. The maximum absolute atomic E-state index is 11.5. The third kappa shape index (κ3) is 2.74. The molecule has 14 heavy (non-hydrogen) atoms. The average molecular weight is 195 g/mol. The summed E-state index contributed by atoms with van der Waals surface area (Å²) in [6.45, 7) is 3.22. The number of aliphatic hydroxyl groups excluding tert-OH is 1. The fourth-order valence-electron chi connectivity index (χ4n) is 1.61. The highest BCUT2D eigenvalue weighted by Crippen LogP contribution is 2.17. The quantitative estimate of drug-likeness (QED) is 0.656. The van der Waals surface area contributed by atoms with Gasteiger partial charge in [-0.2, -0.15) is 0 Å². The molecule has 0 aromatic heterocycles. The molecule has 1 N–H and O–H groups in total. The molecule has 2 atom stereocenters. The number of piperidine rings is 1. The minimum atomic E-state index is -0.376. The molecule has 1 amide bonds. The Balaban J connectivity index is 2.39. The zero-order chi connectivity index (χ0) is 10.6. The van der Waals surface area contributed by atoms with Gasteiger partial charge in [0.2, 0.25) is 5.91 Å². The highest BCUT2D eigenvalue weighted by Gasteiger charge is 2.26. The lowest BCUT2D eigenvalue weighted by atomic mass is 9.96. The van der Waals surface area contributed by atoms with Gasteiger partial charge in [0, 0.05) is 25.9 Å². The molecule has 1 aliphatic heterocycles. The third-order valence-electron chi connectivity index (χ3n) is 2.75. The van der Waals surface area contributed by atoms with Gasteiger partial charge < -0.3 is 10.0 Å². The van der Waals surface area contributed by atoms with Crippen LogP contribution in [0.4, 0.5) is 0 Å². The Bertz CT molecular complexity index is 244. The first-order chi connectivity index (χ1) is 6.65. The van der Waals surface area contributed by atoms with E-state index in [0.717, 1.165) is 13.0 Å². The largest absolute Gasteiger partial charge is 0.391 e. The lowest BCUT2D eigenvalue weighted by Crippen LogP contribution is -2.45. The first kappa shape index (κ1) is 11.1. The highest BCUT2D eigenvalue weighted by atomic mass is 16.3. The molecule has 0 bridgehead atoms. The van der Waals surface area contributed by atoms with Gasteiger partial charge in [0.1, 0.15) is 0 Å². The summed E-state index contributed by atoms with van der Waals surface area (Å²) in [7, 11) is 0. The zero-order valence-corrected chi connectivity index (χ0v) is 8.57. The van der Waals surface area contributed by atoms with E-state index in [1.165, 1.54) is 0 Å². The van der Waals surface area contributed by atoms with Crippen molar-refractivity contribution < 1.29 is 9.90 Å². The molecular formula is C11H17NO2. The Labute approximate surface area is 85.1 Å². The summed E-state index contributed by atoms with van der Waals surface area (Å²) in [5, 5.41) is 9.59. The van der Waals surface area contributed by atoms with Crippen molar-refractivity contribution in [3.63, 3.8) is 0 Å². The smallest absolute Gasteiger partial charge is 0.223 e. The SMILES string of the molecule is C#CCCC(=O)N1CCC(C)C(O)C1. The second-order valence-corrected chi connectivity index (χ2v) is 3.88. The molecule has 1 aliphatic rings. The van der Waals surface area contributed by atoms with Gasteiger partial charge in [-0.05, 0) is 12.3 Å². The van der Waals surface area contributed by atoms with E-state index in [0.29, 0.717) is 25.3 Å². The monoisotopic (exact) mass is 195 g/mol. The number of aliphatic hydroxyl groups is 1. The molecule has 1 rings (SSSR count). The molecule has 2 unspecified atom stereocenters. The molecule has 0 aliphatic carbocycles. The Hall–Kier alpha value is -1.01. The number of likely N-dealkylation sites (tertiary alicyclic amines) is 1. The Morgan fingerprint density at radius 1 is 1.71 bits per heavy atom. The van der Waals surface area contributed by atoms with E-state index in [-0.39, 0.29) is 12.0 Å². The molecule has 1 heterocycles. The summed E-state index contributed by atoms with van der Waals surface area (Å²) in [4.78, 5) is 13.2. The number of carbonyl (C=O) groups excluding carboxylic acids is 1. The standard InChI is InChI=1S/C11H17NO2/c1-3-4-5-11(14)12-7-6-9(2)10(13)8-12/h1,9-10,13H,4-8H2,2H3. The van der Waals surface area contributed by atoms with Crippen molar-refractivity contribution in [1.82, 2.24) is 4.90 Å². The number of rotatable bonds is 2. The summed E-state index contributed by atoms with van der Waals surface area (Å²) < 4.78 is 0. The summed E-state index contributed by atoms with van der Waals surface area (Å²) in [5.41, 5.74) is 0. The van der Waals surface area contributed by atoms with Gasteiger partial charge in [0.15, 0.2) is 0 Å². The number of carbonyl (C=O) groups is 1. The van der Waals surface area contributed by atoms with E-state index >= 15 is 0 Å². The normalized spacial score (nSPS) is 27.1. The van der Waals surface area contributed by atoms with Crippen molar-refractivity contribution in [1.29, 1.82) is 0 Å². The third-order valence-corrected chi connectivity index (χ3v) is 2.75. The summed E-state index contributed by atoms with van der Waals surface area (Å²) in [6, 6.07) is 0. The topological polar surface area (TPSA) is 40.5 Å². The highest BCUT2D eigenvalue weighted by molar-refractivity contribution is 5.76. The molecule has 0 saturated carbocycles. The van der Waals surface area contributed by atoms with Gasteiger partial charge in [0.25, 0.3) is 0 Å². The summed E-state index contributed by atoms with van der Waals surface area (Å²) in [5.74, 6) is 2.81. The van der Waals surface area contributed by atoms with Crippen molar-refractivity contribution in [3.8, 4) is 12.3 Å².